The minimum Gasteiger partial charge on any atom is -0.383 e. The lowest BCUT2D eigenvalue weighted by Crippen LogP contribution is -2.14. The first-order valence-electron chi connectivity index (χ1n) is 10.0. The molecule has 0 saturated heterocycles. The van der Waals surface area contributed by atoms with Crippen molar-refractivity contribution in [3.8, 4) is 28.3 Å². The molecule has 0 atom stereocenters. The maximum atomic E-state index is 14.4. The standard InChI is InChI=1S/C21H14ClF5N4O.CH2F2.CH2O/c1-28-18-17(16-14(22)6-3-7-15(16)24)30-32-19(18)13-10-29-31(20(13)21(25,26)27)12-5-2-4-11(8-12)9-23;2-1-3;1-2/h2-8,10,28H,9H2,1H3;1H2;1H2. The fourth-order valence-electron chi connectivity index (χ4n) is 3.36. The van der Waals surface area contributed by atoms with Gasteiger partial charge in [-0.2, -0.15) is 18.3 Å². The highest BCUT2D eigenvalue weighted by atomic mass is 35.5. The van der Waals surface area contributed by atoms with Gasteiger partial charge in [0.05, 0.1) is 28.0 Å². The molecule has 0 radical (unpaired) electrons. The van der Waals surface area contributed by atoms with Crippen LogP contribution in [-0.4, -0.2) is 35.7 Å². The summed E-state index contributed by atoms with van der Waals surface area (Å²) in [7, 11) is 1.43. The van der Waals surface area contributed by atoms with Gasteiger partial charge in [-0.05, 0) is 29.8 Å². The second-order valence-electron chi connectivity index (χ2n) is 6.80. The molecular weight excluding hydrogens is 533 g/mol. The van der Waals surface area contributed by atoms with E-state index in [2.05, 4.69) is 15.6 Å². The van der Waals surface area contributed by atoms with E-state index < -0.39 is 36.9 Å². The van der Waals surface area contributed by atoms with E-state index in [1.165, 1.54) is 43.4 Å². The summed E-state index contributed by atoms with van der Waals surface area (Å²) < 4.78 is 94.8. The number of carbonyl (C=O) groups excluding carboxylic acids is 1. The van der Waals surface area contributed by atoms with E-state index in [9.17, 15) is 30.7 Å². The van der Waals surface area contributed by atoms with E-state index in [1.54, 1.807) is 0 Å². The van der Waals surface area contributed by atoms with Crippen molar-refractivity contribution >= 4 is 24.1 Å². The van der Waals surface area contributed by atoms with Gasteiger partial charge in [0.1, 0.15) is 30.7 Å². The quantitative estimate of drug-likeness (QED) is 0.266. The fourth-order valence-corrected chi connectivity index (χ4v) is 3.61. The summed E-state index contributed by atoms with van der Waals surface area (Å²) >= 11 is 6.09. The highest BCUT2D eigenvalue weighted by molar-refractivity contribution is 6.33. The molecule has 0 aliphatic heterocycles. The van der Waals surface area contributed by atoms with Crippen LogP contribution in [-0.2, 0) is 17.6 Å². The minimum atomic E-state index is -4.86. The first-order valence-corrected chi connectivity index (χ1v) is 10.4. The molecular formula is C23H18ClF7N4O2. The molecule has 198 valence electrons. The van der Waals surface area contributed by atoms with Crippen molar-refractivity contribution in [2.75, 3.05) is 19.3 Å². The van der Waals surface area contributed by atoms with Crippen LogP contribution in [0.15, 0.2) is 53.2 Å². The lowest BCUT2D eigenvalue weighted by molar-refractivity contribution is -0.142. The predicted octanol–water partition coefficient (Wildman–Crippen LogP) is 7.21. The number of hydrogen-bond acceptors (Lipinski definition) is 5. The summed E-state index contributed by atoms with van der Waals surface area (Å²) in [5.41, 5.74) is -1.59. The normalized spacial score (nSPS) is 10.7. The number of alkyl halides is 6. The van der Waals surface area contributed by atoms with Crippen LogP contribution >= 0.6 is 11.6 Å². The van der Waals surface area contributed by atoms with Crippen molar-refractivity contribution in [1.29, 1.82) is 0 Å². The van der Waals surface area contributed by atoms with Crippen LogP contribution in [0.3, 0.4) is 0 Å². The summed E-state index contributed by atoms with van der Waals surface area (Å²) in [5.74, 6) is -1.02. The zero-order valence-electron chi connectivity index (χ0n) is 18.9. The molecule has 0 amide bonds. The lowest BCUT2D eigenvalue weighted by Gasteiger charge is -2.13. The Kier molecular flexibility index (Phi) is 10.2. The van der Waals surface area contributed by atoms with E-state index in [4.69, 9.17) is 20.9 Å². The van der Waals surface area contributed by atoms with Crippen LogP contribution in [0, 0.1) is 5.82 Å². The van der Waals surface area contributed by atoms with Crippen LogP contribution < -0.4 is 5.32 Å². The molecule has 2 aromatic carbocycles. The number of nitrogens with one attached hydrogen (secondary N) is 1. The van der Waals surface area contributed by atoms with Crippen molar-refractivity contribution < 1.29 is 40.1 Å². The molecule has 0 fully saturated rings. The number of aromatic nitrogens is 3. The second kappa shape index (κ2) is 12.9. The molecule has 4 aromatic rings. The molecule has 0 bridgehead atoms. The van der Waals surface area contributed by atoms with E-state index >= 15 is 0 Å². The SMILES string of the molecule is C=O.CNc1c(-c2c(F)cccc2Cl)noc1-c1cnn(-c2cccc(CF)c2)c1C(F)(F)F.FCF. The maximum Gasteiger partial charge on any atom is 0.434 e. The van der Waals surface area contributed by atoms with Gasteiger partial charge >= 0.3 is 6.18 Å². The van der Waals surface area contributed by atoms with Crippen LogP contribution in [0.2, 0.25) is 5.02 Å². The Hall–Kier alpha value is -3.87. The number of anilines is 1. The monoisotopic (exact) mass is 550 g/mol. The number of benzene rings is 2. The third-order valence-electron chi connectivity index (χ3n) is 4.73. The molecule has 6 nitrogen and oxygen atoms in total. The van der Waals surface area contributed by atoms with Crippen molar-refractivity contribution in [2.45, 2.75) is 12.9 Å². The van der Waals surface area contributed by atoms with Gasteiger partial charge in [-0.3, -0.25) is 0 Å². The molecule has 0 saturated carbocycles. The second-order valence-corrected chi connectivity index (χ2v) is 7.21. The molecule has 2 heterocycles. The molecule has 0 aliphatic rings. The first kappa shape index (κ1) is 29.4. The fraction of sp³-hybridized carbons (Fsp3) is 0.174. The summed E-state index contributed by atoms with van der Waals surface area (Å²) in [4.78, 5) is 8.00. The van der Waals surface area contributed by atoms with Gasteiger partial charge in [0.2, 0.25) is 6.93 Å². The molecule has 0 aliphatic carbocycles. The average Bonchev–Trinajstić information content (AvgIpc) is 3.50. The smallest absolute Gasteiger partial charge is 0.383 e. The number of hydrogen-bond donors (Lipinski definition) is 1. The number of rotatable bonds is 5. The van der Waals surface area contributed by atoms with Crippen LogP contribution in [0.5, 0.6) is 0 Å². The topological polar surface area (TPSA) is 73.0 Å². The van der Waals surface area contributed by atoms with Gasteiger partial charge in [-0.15, -0.1) is 0 Å². The van der Waals surface area contributed by atoms with Crippen LogP contribution in [0.25, 0.3) is 28.3 Å². The number of halogens is 8. The largest absolute Gasteiger partial charge is 0.434 e. The van der Waals surface area contributed by atoms with Gasteiger partial charge in [-0.25, -0.2) is 22.2 Å². The minimum absolute atomic E-state index is 0.000408. The predicted molar refractivity (Wildman–Crippen MR) is 123 cm³/mol. The highest BCUT2D eigenvalue weighted by Gasteiger charge is 2.41. The number of carbonyl (C=O) groups is 1. The van der Waals surface area contributed by atoms with Crippen molar-refractivity contribution in [3.05, 3.63) is 70.8 Å². The zero-order chi connectivity index (χ0) is 27.8. The Bertz CT molecular complexity index is 1300. The van der Waals surface area contributed by atoms with E-state index in [0.29, 0.717) is 4.68 Å². The third kappa shape index (κ3) is 6.28. The van der Waals surface area contributed by atoms with Crippen molar-refractivity contribution in [3.63, 3.8) is 0 Å². The highest BCUT2D eigenvalue weighted by Crippen LogP contribution is 2.45. The van der Waals surface area contributed by atoms with Gasteiger partial charge in [-0.1, -0.05) is 35.0 Å². The Morgan fingerprint density at radius 2 is 1.76 bits per heavy atom. The van der Waals surface area contributed by atoms with E-state index in [0.717, 1.165) is 12.3 Å². The van der Waals surface area contributed by atoms with E-state index in [1.807, 2.05) is 6.79 Å². The lowest BCUT2D eigenvalue weighted by atomic mass is 10.1. The van der Waals surface area contributed by atoms with Gasteiger partial charge in [0.15, 0.2) is 11.5 Å². The van der Waals surface area contributed by atoms with E-state index in [-0.39, 0.29) is 39.0 Å². The Balaban J connectivity index is 0.000000898. The maximum absolute atomic E-state index is 14.4. The van der Waals surface area contributed by atoms with Crippen LogP contribution in [0.1, 0.15) is 11.3 Å². The Morgan fingerprint density at radius 3 is 2.32 bits per heavy atom. The average molecular weight is 551 g/mol. The molecule has 0 unspecified atom stereocenters. The van der Waals surface area contributed by atoms with Gasteiger partial charge in [0, 0.05) is 7.05 Å². The van der Waals surface area contributed by atoms with Crippen LogP contribution in [0.4, 0.5) is 36.4 Å². The molecule has 37 heavy (non-hydrogen) atoms. The van der Waals surface area contributed by atoms with Gasteiger partial charge < -0.3 is 14.6 Å². The Morgan fingerprint density at radius 1 is 1.11 bits per heavy atom. The summed E-state index contributed by atoms with van der Waals surface area (Å²) in [6.45, 7) is -0.595. The van der Waals surface area contributed by atoms with Crippen molar-refractivity contribution in [1.82, 2.24) is 14.9 Å². The van der Waals surface area contributed by atoms with Gasteiger partial charge in [0.25, 0.3) is 0 Å². The molecule has 14 heteroatoms. The molecule has 2 aromatic heterocycles. The molecule has 1 N–H and O–H groups in total. The zero-order valence-corrected chi connectivity index (χ0v) is 19.7. The summed E-state index contributed by atoms with van der Waals surface area (Å²) in [5, 5.41) is 10.3. The molecule has 4 rings (SSSR count). The first-order chi connectivity index (χ1) is 17.7. The molecule has 0 spiro atoms. The summed E-state index contributed by atoms with van der Waals surface area (Å²) in [6.07, 6.45) is -3.90. The number of nitrogens with zero attached hydrogens (tertiary/aromatic N) is 3. The van der Waals surface area contributed by atoms with Crippen molar-refractivity contribution in [2.24, 2.45) is 0 Å². The third-order valence-corrected chi connectivity index (χ3v) is 5.05. The summed E-state index contributed by atoms with van der Waals surface area (Å²) in [6, 6.07) is 9.46. The Labute approximate surface area is 210 Å².